The zero-order chi connectivity index (χ0) is 11.8. The number of rotatable bonds is 1. The number of benzene rings is 2. The summed E-state index contributed by atoms with van der Waals surface area (Å²) in [6, 6.07) is 13.0. The Kier molecular flexibility index (Phi) is 2.37. The van der Waals surface area contributed by atoms with Gasteiger partial charge in [-0.2, -0.15) is 5.10 Å². The van der Waals surface area contributed by atoms with Crippen LogP contribution in [-0.4, -0.2) is 14.9 Å². The predicted octanol–water partition coefficient (Wildman–Crippen LogP) is 3.49. The largest absolute Gasteiger partial charge is 0.508 e. The van der Waals surface area contributed by atoms with Gasteiger partial charge in [0, 0.05) is 9.86 Å². The van der Waals surface area contributed by atoms with Crippen molar-refractivity contribution in [3.63, 3.8) is 0 Å². The summed E-state index contributed by atoms with van der Waals surface area (Å²) < 4.78 is 2.87. The molecule has 3 nitrogen and oxygen atoms in total. The zero-order valence-electron chi connectivity index (χ0n) is 8.84. The van der Waals surface area contributed by atoms with E-state index >= 15 is 0 Å². The Morgan fingerprint density at radius 3 is 2.59 bits per heavy atom. The minimum Gasteiger partial charge on any atom is -0.508 e. The molecule has 84 valence electrons. The molecule has 3 aromatic rings. The number of hydrogen-bond acceptors (Lipinski definition) is 2. The van der Waals surface area contributed by atoms with E-state index in [9.17, 15) is 5.11 Å². The highest BCUT2D eigenvalue weighted by Crippen LogP contribution is 2.23. The van der Waals surface area contributed by atoms with Crippen molar-refractivity contribution in [2.24, 2.45) is 0 Å². The van der Waals surface area contributed by atoms with Crippen molar-refractivity contribution in [3.05, 3.63) is 53.1 Å². The molecule has 0 unspecified atom stereocenters. The summed E-state index contributed by atoms with van der Waals surface area (Å²) in [6.45, 7) is 0. The van der Waals surface area contributed by atoms with Gasteiger partial charge in [0.25, 0.3) is 0 Å². The Bertz CT molecular complexity index is 673. The van der Waals surface area contributed by atoms with Crippen molar-refractivity contribution in [2.45, 2.75) is 0 Å². The van der Waals surface area contributed by atoms with Gasteiger partial charge in [0.15, 0.2) is 0 Å². The normalized spacial score (nSPS) is 10.9. The molecule has 0 spiro atoms. The van der Waals surface area contributed by atoms with Crippen molar-refractivity contribution in [1.82, 2.24) is 9.78 Å². The fourth-order valence-corrected chi connectivity index (χ4v) is 2.14. The van der Waals surface area contributed by atoms with E-state index in [0.29, 0.717) is 0 Å². The van der Waals surface area contributed by atoms with Gasteiger partial charge >= 0.3 is 0 Å². The number of aromatic hydroxyl groups is 1. The van der Waals surface area contributed by atoms with E-state index in [1.54, 1.807) is 12.1 Å². The summed E-state index contributed by atoms with van der Waals surface area (Å²) in [6.07, 6.45) is 1.83. The molecule has 0 atom stereocenters. The fraction of sp³-hybridized carbons (Fsp3) is 0. The molecule has 1 heterocycles. The minimum absolute atomic E-state index is 0.256. The molecule has 2 aromatic carbocycles. The van der Waals surface area contributed by atoms with E-state index in [1.165, 1.54) is 0 Å². The number of fused-ring (bicyclic) bond motifs is 1. The van der Waals surface area contributed by atoms with Crippen LogP contribution in [0.2, 0.25) is 0 Å². The standard InChI is InChI=1S/C13H9BrN2O/c14-10-2-1-9-8-15-16(13(9)7-10)11-3-5-12(17)6-4-11/h1-8,17H. The third-order valence-electron chi connectivity index (χ3n) is 2.63. The second-order valence-electron chi connectivity index (χ2n) is 3.78. The molecule has 0 aliphatic heterocycles. The maximum absolute atomic E-state index is 9.27. The molecule has 0 bridgehead atoms. The average molecular weight is 289 g/mol. The van der Waals surface area contributed by atoms with Crippen LogP contribution in [0.1, 0.15) is 0 Å². The molecule has 3 rings (SSSR count). The van der Waals surface area contributed by atoms with Gasteiger partial charge in [0.2, 0.25) is 0 Å². The number of phenols is 1. The van der Waals surface area contributed by atoms with Gasteiger partial charge in [-0.05, 0) is 36.4 Å². The maximum Gasteiger partial charge on any atom is 0.115 e. The van der Waals surface area contributed by atoms with E-state index in [-0.39, 0.29) is 5.75 Å². The molecule has 0 radical (unpaired) electrons. The Labute approximate surface area is 106 Å². The van der Waals surface area contributed by atoms with Crippen LogP contribution < -0.4 is 0 Å². The summed E-state index contributed by atoms with van der Waals surface area (Å²) in [5.41, 5.74) is 1.96. The lowest BCUT2D eigenvalue weighted by Crippen LogP contribution is -1.94. The van der Waals surface area contributed by atoms with Gasteiger partial charge in [0.1, 0.15) is 5.75 Å². The molecule has 4 heteroatoms. The van der Waals surface area contributed by atoms with E-state index < -0.39 is 0 Å². The van der Waals surface area contributed by atoms with Crippen molar-refractivity contribution in [2.75, 3.05) is 0 Å². The first-order valence-electron chi connectivity index (χ1n) is 5.17. The third kappa shape index (κ3) is 1.80. The highest BCUT2D eigenvalue weighted by molar-refractivity contribution is 9.10. The molecule has 0 amide bonds. The first-order valence-corrected chi connectivity index (χ1v) is 5.96. The van der Waals surface area contributed by atoms with Crippen LogP contribution >= 0.6 is 15.9 Å². The second kappa shape index (κ2) is 3.89. The van der Waals surface area contributed by atoms with E-state index in [4.69, 9.17) is 0 Å². The number of aromatic nitrogens is 2. The monoisotopic (exact) mass is 288 g/mol. The van der Waals surface area contributed by atoms with Crippen LogP contribution in [0.5, 0.6) is 5.75 Å². The summed E-state index contributed by atoms with van der Waals surface area (Å²) in [5.74, 6) is 0.256. The first kappa shape index (κ1) is 10.4. The molecule has 0 aliphatic carbocycles. The molecule has 0 saturated heterocycles. The number of hydrogen-bond donors (Lipinski definition) is 1. The SMILES string of the molecule is Oc1ccc(-n2ncc3ccc(Br)cc32)cc1. The van der Waals surface area contributed by atoms with Gasteiger partial charge in [-0.15, -0.1) is 0 Å². The highest BCUT2D eigenvalue weighted by atomic mass is 79.9. The average Bonchev–Trinajstić information content (AvgIpc) is 2.73. The topological polar surface area (TPSA) is 38.0 Å². The van der Waals surface area contributed by atoms with Crippen molar-refractivity contribution in [3.8, 4) is 11.4 Å². The lowest BCUT2D eigenvalue weighted by Gasteiger charge is -2.03. The molecule has 0 aliphatic rings. The second-order valence-corrected chi connectivity index (χ2v) is 4.69. The molecular formula is C13H9BrN2O. The summed E-state index contributed by atoms with van der Waals surface area (Å²) in [5, 5.41) is 14.7. The van der Waals surface area contributed by atoms with Gasteiger partial charge in [-0.1, -0.05) is 22.0 Å². The lowest BCUT2D eigenvalue weighted by molar-refractivity contribution is 0.475. The van der Waals surface area contributed by atoms with Gasteiger partial charge < -0.3 is 5.11 Å². The number of nitrogens with zero attached hydrogens (tertiary/aromatic N) is 2. The Morgan fingerprint density at radius 1 is 1.06 bits per heavy atom. The molecular weight excluding hydrogens is 280 g/mol. The van der Waals surface area contributed by atoms with E-state index in [0.717, 1.165) is 21.1 Å². The molecule has 0 fully saturated rings. The lowest BCUT2D eigenvalue weighted by atomic mass is 10.2. The summed E-state index contributed by atoms with van der Waals surface area (Å²) >= 11 is 3.45. The van der Waals surface area contributed by atoms with Crippen LogP contribution in [0.3, 0.4) is 0 Å². The smallest absolute Gasteiger partial charge is 0.115 e. The van der Waals surface area contributed by atoms with Crippen LogP contribution in [0.25, 0.3) is 16.6 Å². The van der Waals surface area contributed by atoms with E-state index in [1.807, 2.05) is 41.2 Å². The summed E-state index contributed by atoms with van der Waals surface area (Å²) in [7, 11) is 0. The van der Waals surface area contributed by atoms with Crippen LogP contribution in [0, 0.1) is 0 Å². The fourth-order valence-electron chi connectivity index (χ4n) is 1.79. The van der Waals surface area contributed by atoms with Gasteiger partial charge in [-0.25, -0.2) is 4.68 Å². The Hall–Kier alpha value is -1.81. The first-order chi connectivity index (χ1) is 8.24. The zero-order valence-corrected chi connectivity index (χ0v) is 10.4. The van der Waals surface area contributed by atoms with Gasteiger partial charge in [-0.3, -0.25) is 0 Å². The molecule has 17 heavy (non-hydrogen) atoms. The van der Waals surface area contributed by atoms with Crippen molar-refractivity contribution >= 4 is 26.8 Å². The minimum atomic E-state index is 0.256. The van der Waals surface area contributed by atoms with E-state index in [2.05, 4.69) is 21.0 Å². The molecule has 0 saturated carbocycles. The Balaban J connectivity index is 2.23. The molecule has 1 aromatic heterocycles. The van der Waals surface area contributed by atoms with Crippen molar-refractivity contribution in [1.29, 1.82) is 0 Å². The molecule has 1 N–H and O–H groups in total. The number of phenolic OH excluding ortho intramolecular Hbond substituents is 1. The summed E-state index contributed by atoms with van der Waals surface area (Å²) in [4.78, 5) is 0. The van der Waals surface area contributed by atoms with Crippen molar-refractivity contribution < 1.29 is 5.11 Å². The third-order valence-corrected chi connectivity index (χ3v) is 3.12. The van der Waals surface area contributed by atoms with Crippen LogP contribution in [0.4, 0.5) is 0 Å². The quantitative estimate of drug-likeness (QED) is 0.744. The highest BCUT2D eigenvalue weighted by Gasteiger charge is 2.05. The number of halogens is 1. The predicted molar refractivity (Wildman–Crippen MR) is 70.4 cm³/mol. The maximum atomic E-state index is 9.27. The van der Waals surface area contributed by atoms with Crippen LogP contribution in [0.15, 0.2) is 53.1 Å². The Morgan fingerprint density at radius 2 is 1.82 bits per heavy atom. The van der Waals surface area contributed by atoms with Gasteiger partial charge in [0.05, 0.1) is 17.4 Å². The van der Waals surface area contributed by atoms with Crippen LogP contribution in [-0.2, 0) is 0 Å².